The maximum atomic E-state index is 12.1. The number of aromatic nitrogens is 4. The van der Waals surface area contributed by atoms with Crippen molar-refractivity contribution >= 4 is 27.8 Å². The van der Waals surface area contributed by atoms with Crippen molar-refractivity contribution in [3.8, 4) is 5.69 Å². The van der Waals surface area contributed by atoms with Gasteiger partial charge in [0.2, 0.25) is 0 Å². The van der Waals surface area contributed by atoms with Crippen molar-refractivity contribution in [3.63, 3.8) is 0 Å². The Labute approximate surface area is 150 Å². The Morgan fingerprint density at radius 3 is 2.23 bits per heavy atom. The SMILES string of the molecule is CCCc1c(C(=O)OC)nnn1-c1c2ccccc2nc2ccccc12. The molecular formula is C20H18N4O2. The zero-order valence-corrected chi connectivity index (χ0v) is 14.6. The molecule has 0 amide bonds. The Bertz CT molecular complexity index is 1060. The molecule has 2 aromatic heterocycles. The number of rotatable bonds is 4. The smallest absolute Gasteiger partial charge is 0.360 e. The molecule has 0 fully saturated rings. The van der Waals surface area contributed by atoms with Crippen LogP contribution in [0.5, 0.6) is 0 Å². The molecule has 0 radical (unpaired) electrons. The minimum absolute atomic E-state index is 0.263. The average molecular weight is 346 g/mol. The van der Waals surface area contributed by atoms with E-state index >= 15 is 0 Å². The molecular weight excluding hydrogens is 328 g/mol. The molecule has 0 saturated carbocycles. The summed E-state index contributed by atoms with van der Waals surface area (Å²) in [5.74, 6) is -0.470. The average Bonchev–Trinajstić information content (AvgIpc) is 3.09. The van der Waals surface area contributed by atoms with Crippen LogP contribution in [0, 0.1) is 0 Å². The number of ether oxygens (including phenoxy) is 1. The van der Waals surface area contributed by atoms with Crippen LogP contribution in [0.1, 0.15) is 29.5 Å². The molecule has 0 atom stereocenters. The fraction of sp³-hybridized carbons (Fsp3) is 0.200. The topological polar surface area (TPSA) is 69.9 Å². The van der Waals surface area contributed by atoms with Gasteiger partial charge in [-0.05, 0) is 18.6 Å². The van der Waals surface area contributed by atoms with E-state index < -0.39 is 5.97 Å². The normalized spacial score (nSPS) is 11.2. The standard InChI is InChI=1S/C20H18N4O2/c1-3-8-17-18(20(25)26-2)22-23-24(17)19-13-9-4-6-11-15(13)21-16-12-7-5-10-14(16)19/h4-7,9-12H,3,8H2,1-2H3. The molecule has 4 aromatic rings. The highest BCUT2D eigenvalue weighted by atomic mass is 16.5. The largest absolute Gasteiger partial charge is 0.464 e. The lowest BCUT2D eigenvalue weighted by atomic mass is 10.1. The molecule has 0 aliphatic rings. The summed E-state index contributed by atoms with van der Waals surface area (Å²) >= 11 is 0. The molecule has 0 unspecified atom stereocenters. The van der Waals surface area contributed by atoms with Crippen molar-refractivity contribution < 1.29 is 9.53 Å². The van der Waals surface area contributed by atoms with E-state index in [1.165, 1.54) is 7.11 Å². The highest BCUT2D eigenvalue weighted by molar-refractivity contribution is 6.03. The van der Waals surface area contributed by atoms with Crippen LogP contribution in [0.3, 0.4) is 0 Å². The Morgan fingerprint density at radius 1 is 1.04 bits per heavy atom. The first kappa shape index (κ1) is 16.2. The summed E-state index contributed by atoms with van der Waals surface area (Å²) in [7, 11) is 1.36. The first-order chi connectivity index (χ1) is 12.7. The van der Waals surface area contributed by atoms with Crippen molar-refractivity contribution in [1.82, 2.24) is 20.0 Å². The van der Waals surface area contributed by atoms with Crippen LogP contribution in [-0.4, -0.2) is 33.1 Å². The van der Waals surface area contributed by atoms with Gasteiger partial charge in [0, 0.05) is 10.8 Å². The molecule has 26 heavy (non-hydrogen) atoms. The lowest BCUT2D eigenvalue weighted by Gasteiger charge is -2.13. The number of methoxy groups -OCH3 is 1. The van der Waals surface area contributed by atoms with Gasteiger partial charge in [0.1, 0.15) is 0 Å². The molecule has 4 rings (SSSR count). The van der Waals surface area contributed by atoms with E-state index in [0.29, 0.717) is 6.42 Å². The van der Waals surface area contributed by atoms with Gasteiger partial charge >= 0.3 is 5.97 Å². The van der Waals surface area contributed by atoms with Crippen molar-refractivity contribution in [1.29, 1.82) is 0 Å². The Balaban J connectivity index is 2.10. The van der Waals surface area contributed by atoms with Gasteiger partial charge in [-0.1, -0.05) is 55.0 Å². The molecule has 2 heterocycles. The number of fused-ring (bicyclic) bond motifs is 2. The summed E-state index contributed by atoms with van der Waals surface area (Å²) in [5, 5.41) is 10.4. The molecule has 0 bridgehead atoms. The number of carbonyl (C=O) groups excluding carboxylic acids is 1. The first-order valence-corrected chi connectivity index (χ1v) is 8.55. The van der Waals surface area contributed by atoms with Crippen molar-refractivity contribution in [3.05, 3.63) is 59.9 Å². The van der Waals surface area contributed by atoms with E-state index in [9.17, 15) is 4.79 Å². The predicted molar refractivity (Wildman–Crippen MR) is 99.5 cm³/mol. The molecule has 0 aliphatic heterocycles. The number of pyridine rings is 1. The van der Waals surface area contributed by atoms with Crippen LogP contribution >= 0.6 is 0 Å². The van der Waals surface area contributed by atoms with E-state index in [4.69, 9.17) is 9.72 Å². The zero-order valence-electron chi connectivity index (χ0n) is 14.6. The van der Waals surface area contributed by atoms with Crippen LogP contribution < -0.4 is 0 Å². The summed E-state index contributed by atoms with van der Waals surface area (Å²) in [6, 6.07) is 15.8. The van der Waals surface area contributed by atoms with Gasteiger partial charge in [-0.15, -0.1) is 5.10 Å². The third-order valence-electron chi connectivity index (χ3n) is 4.40. The van der Waals surface area contributed by atoms with Crippen LogP contribution in [-0.2, 0) is 11.2 Å². The number of para-hydroxylation sites is 2. The molecule has 130 valence electrons. The number of hydrogen-bond donors (Lipinski definition) is 0. The molecule has 0 N–H and O–H groups in total. The van der Waals surface area contributed by atoms with Gasteiger partial charge in [-0.25, -0.2) is 14.5 Å². The number of nitrogens with zero attached hydrogens (tertiary/aromatic N) is 4. The van der Waals surface area contributed by atoms with Crippen molar-refractivity contribution in [2.24, 2.45) is 0 Å². The monoisotopic (exact) mass is 346 g/mol. The third-order valence-corrected chi connectivity index (χ3v) is 4.40. The molecule has 0 saturated heterocycles. The first-order valence-electron chi connectivity index (χ1n) is 8.55. The predicted octanol–water partition coefficient (Wildman–Crippen LogP) is 3.71. The van der Waals surface area contributed by atoms with Gasteiger partial charge in [0.05, 0.1) is 29.5 Å². The van der Waals surface area contributed by atoms with E-state index in [2.05, 4.69) is 17.2 Å². The summed E-state index contributed by atoms with van der Waals surface area (Å²) < 4.78 is 6.65. The second kappa shape index (κ2) is 6.55. The maximum Gasteiger partial charge on any atom is 0.360 e. The van der Waals surface area contributed by atoms with Crippen molar-refractivity contribution in [2.45, 2.75) is 19.8 Å². The summed E-state index contributed by atoms with van der Waals surface area (Å²) in [6.45, 7) is 2.06. The van der Waals surface area contributed by atoms with E-state index in [1.807, 2.05) is 48.5 Å². The minimum Gasteiger partial charge on any atom is -0.464 e. The second-order valence-electron chi connectivity index (χ2n) is 6.03. The van der Waals surface area contributed by atoms with Crippen LogP contribution in [0.2, 0.25) is 0 Å². The van der Waals surface area contributed by atoms with Gasteiger partial charge in [0.15, 0.2) is 5.69 Å². The third kappa shape index (κ3) is 2.50. The maximum absolute atomic E-state index is 12.1. The zero-order chi connectivity index (χ0) is 18.1. The highest BCUT2D eigenvalue weighted by Gasteiger charge is 2.23. The van der Waals surface area contributed by atoms with E-state index in [0.717, 1.165) is 39.6 Å². The number of hydrogen-bond acceptors (Lipinski definition) is 5. The van der Waals surface area contributed by atoms with E-state index in [1.54, 1.807) is 4.68 Å². The Morgan fingerprint density at radius 2 is 1.65 bits per heavy atom. The van der Waals surface area contributed by atoms with Gasteiger partial charge in [-0.3, -0.25) is 0 Å². The van der Waals surface area contributed by atoms with Gasteiger partial charge in [-0.2, -0.15) is 0 Å². The van der Waals surface area contributed by atoms with Crippen LogP contribution in [0.15, 0.2) is 48.5 Å². The summed E-state index contributed by atoms with van der Waals surface area (Å²) in [5.41, 5.74) is 3.65. The summed E-state index contributed by atoms with van der Waals surface area (Å²) in [4.78, 5) is 16.9. The Kier molecular flexibility index (Phi) is 4.08. The highest BCUT2D eigenvalue weighted by Crippen LogP contribution is 2.30. The molecule has 0 aliphatic carbocycles. The van der Waals surface area contributed by atoms with Crippen molar-refractivity contribution in [2.75, 3.05) is 7.11 Å². The molecule has 0 spiro atoms. The quantitative estimate of drug-likeness (QED) is 0.416. The summed E-state index contributed by atoms with van der Waals surface area (Å²) in [6.07, 6.45) is 1.53. The van der Waals surface area contributed by atoms with Gasteiger partial charge < -0.3 is 4.74 Å². The fourth-order valence-corrected chi connectivity index (χ4v) is 3.24. The second-order valence-corrected chi connectivity index (χ2v) is 6.03. The Hall–Kier alpha value is -3.28. The number of benzene rings is 2. The number of esters is 1. The number of carbonyl (C=O) groups is 1. The minimum atomic E-state index is -0.470. The van der Waals surface area contributed by atoms with E-state index in [-0.39, 0.29) is 5.69 Å². The molecule has 6 nitrogen and oxygen atoms in total. The molecule has 2 aromatic carbocycles. The fourth-order valence-electron chi connectivity index (χ4n) is 3.24. The lowest BCUT2D eigenvalue weighted by Crippen LogP contribution is -2.09. The van der Waals surface area contributed by atoms with Crippen LogP contribution in [0.25, 0.3) is 27.5 Å². The lowest BCUT2D eigenvalue weighted by molar-refractivity contribution is 0.0592. The van der Waals surface area contributed by atoms with Gasteiger partial charge in [0.25, 0.3) is 0 Å². The van der Waals surface area contributed by atoms with Crippen LogP contribution in [0.4, 0.5) is 0 Å². The molecule has 6 heteroatoms.